The highest BCUT2D eigenvalue weighted by Crippen LogP contribution is 2.33. The molecule has 0 fully saturated rings. The van der Waals surface area contributed by atoms with E-state index in [4.69, 9.17) is 4.74 Å². The first-order valence-electron chi connectivity index (χ1n) is 6.53. The molecular formula is C16H20N2O2. The van der Waals surface area contributed by atoms with E-state index >= 15 is 0 Å². The van der Waals surface area contributed by atoms with Gasteiger partial charge in [-0.1, -0.05) is 12.1 Å². The number of para-hydroxylation sites is 2. The van der Waals surface area contributed by atoms with Gasteiger partial charge < -0.3 is 14.7 Å². The van der Waals surface area contributed by atoms with E-state index in [1.165, 1.54) is 0 Å². The van der Waals surface area contributed by atoms with Gasteiger partial charge in [0.25, 0.3) is 0 Å². The predicted molar refractivity (Wildman–Crippen MR) is 80.7 cm³/mol. The molecule has 0 atom stereocenters. The van der Waals surface area contributed by atoms with Crippen molar-refractivity contribution in [3.63, 3.8) is 0 Å². The average Bonchev–Trinajstić information content (AvgIpc) is 2.45. The number of methoxy groups -OCH3 is 1. The number of rotatable bonds is 4. The monoisotopic (exact) mass is 272 g/mol. The molecule has 1 aromatic heterocycles. The number of hydrogen-bond donors (Lipinski definition) is 1. The Bertz CT molecular complexity index is 611. The summed E-state index contributed by atoms with van der Waals surface area (Å²) in [6.07, 6.45) is 0. The third-order valence-corrected chi connectivity index (χ3v) is 3.38. The van der Waals surface area contributed by atoms with Gasteiger partial charge in [0, 0.05) is 18.3 Å². The number of aliphatic hydroxyl groups is 1. The second-order valence-electron chi connectivity index (χ2n) is 4.77. The highest BCUT2D eigenvalue weighted by molar-refractivity contribution is 5.69. The van der Waals surface area contributed by atoms with Gasteiger partial charge >= 0.3 is 0 Å². The maximum atomic E-state index is 9.61. The van der Waals surface area contributed by atoms with Crippen LogP contribution >= 0.6 is 0 Å². The van der Waals surface area contributed by atoms with Crippen LogP contribution in [0.2, 0.25) is 0 Å². The number of anilines is 2. The Labute approximate surface area is 119 Å². The predicted octanol–water partition coefficient (Wildman–Crippen LogP) is 2.97. The molecule has 1 heterocycles. The summed E-state index contributed by atoms with van der Waals surface area (Å²) in [4.78, 5) is 6.52. The van der Waals surface area contributed by atoms with Crippen molar-refractivity contribution in [3.05, 3.63) is 47.2 Å². The molecule has 0 bridgehead atoms. The zero-order valence-corrected chi connectivity index (χ0v) is 12.3. The Morgan fingerprint density at radius 3 is 2.60 bits per heavy atom. The Morgan fingerprint density at radius 2 is 1.95 bits per heavy atom. The lowest BCUT2D eigenvalue weighted by Crippen LogP contribution is -2.16. The van der Waals surface area contributed by atoms with Crippen molar-refractivity contribution in [1.29, 1.82) is 0 Å². The van der Waals surface area contributed by atoms with Crippen molar-refractivity contribution in [2.45, 2.75) is 20.5 Å². The molecule has 0 saturated carbocycles. The molecule has 2 rings (SSSR count). The molecule has 0 aliphatic carbocycles. The molecule has 4 nitrogen and oxygen atoms in total. The van der Waals surface area contributed by atoms with E-state index in [0.717, 1.165) is 34.1 Å². The minimum Gasteiger partial charge on any atom is -0.495 e. The Balaban J connectivity index is 2.55. The van der Waals surface area contributed by atoms with E-state index in [0.29, 0.717) is 0 Å². The third kappa shape index (κ3) is 2.60. The average molecular weight is 272 g/mol. The number of nitrogens with zero attached hydrogens (tertiary/aromatic N) is 2. The van der Waals surface area contributed by atoms with Crippen molar-refractivity contribution in [3.8, 4) is 5.75 Å². The molecule has 20 heavy (non-hydrogen) atoms. The van der Waals surface area contributed by atoms with Crippen LogP contribution in [0.15, 0.2) is 30.3 Å². The zero-order chi connectivity index (χ0) is 14.7. The molecule has 0 saturated heterocycles. The summed E-state index contributed by atoms with van der Waals surface area (Å²) in [7, 11) is 3.58. The molecular weight excluding hydrogens is 252 g/mol. The number of pyridine rings is 1. The van der Waals surface area contributed by atoms with E-state index in [2.05, 4.69) is 4.98 Å². The first kappa shape index (κ1) is 14.3. The number of aromatic nitrogens is 1. The second kappa shape index (κ2) is 5.92. The molecule has 1 N–H and O–H groups in total. The summed E-state index contributed by atoms with van der Waals surface area (Å²) < 4.78 is 5.39. The number of hydrogen-bond acceptors (Lipinski definition) is 4. The summed E-state index contributed by atoms with van der Waals surface area (Å²) >= 11 is 0. The zero-order valence-electron chi connectivity index (χ0n) is 12.3. The molecule has 1 aromatic carbocycles. The van der Waals surface area contributed by atoms with Gasteiger partial charge in [-0.25, -0.2) is 4.98 Å². The van der Waals surface area contributed by atoms with Gasteiger partial charge in [-0.05, 0) is 37.6 Å². The first-order valence-corrected chi connectivity index (χ1v) is 6.53. The Kier molecular flexibility index (Phi) is 4.25. The first-order chi connectivity index (χ1) is 9.58. The van der Waals surface area contributed by atoms with Crippen molar-refractivity contribution in [2.75, 3.05) is 19.1 Å². The minimum atomic E-state index is -0.0338. The Hall–Kier alpha value is -2.07. The largest absolute Gasteiger partial charge is 0.495 e. The van der Waals surface area contributed by atoms with E-state index in [9.17, 15) is 5.11 Å². The molecule has 106 valence electrons. The van der Waals surface area contributed by atoms with E-state index in [-0.39, 0.29) is 6.61 Å². The van der Waals surface area contributed by atoms with Crippen LogP contribution in [0.3, 0.4) is 0 Å². The smallest absolute Gasteiger partial charge is 0.142 e. The second-order valence-corrected chi connectivity index (χ2v) is 4.77. The quantitative estimate of drug-likeness (QED) is 0.929. The van der Waals surface area contributed by atoms with E-state index < -0.39 is 0 Å². The minimum absolute atomic E-state index is 0.0338. The van der Waals surface area contributed by atoms with Crippen molar-refractivity contribution in [1.82, 2.24) is 4.98 Å². The lowest BCUT2D eigenvalue weighted by Gasteiger charge is -2.24. The molecule has 0 radical (unpaired) electrons. The van der Waals surface area contributed by atoms with Gasteiger partial charge in [-0.15, -0.1) is 0 Å². The number of aliphatic hydroxyl groups excluding tert-OH is 1. The van der Waals surface area contributed by atoms with Crippen LogP contribution in [0.5, 0.6) is 5.75 Å². The number of ether oxygens (including phenoxy) is 1. The fourth-order valence-electron chi connectivity index (χ4n) is 2.34. The molecule has 0 spiro atoms. The molecule has 0 amide bonds. The SMILES string of the molecule is COc1ccccc1N(C)c1nc(C)cc(C)c1CO. The third-order valence-electron chi connectivity index (χ3n) is 3.38. The lowest BCUT2D eigenvalue weighted by atomic mass is 10.1. The normalized spacial score (nSPS) is 10.4. The number of aryl methyl sites for hydroxylation is 2. The van der Waals surface area contributed by atoms with Crippen LogP contribution in [0.25, 0.3) is 0 Å². The van der Waals surface area contributed by atoms with E-state index in [1.54, 1.807) is 7.11 Å². The van der Waals surface area contributed by atoms with Gasteiger partial charge in [-0.2, -0.15) is 0 Å². The summed E-state index contributed by atoms with van der Waals surface area (Å²) in [5.74, 6) is 1.54. The standard InChI is InChI=1S/C16H20N2O2/c1-11-9-12(2)17-16(13(11)10-19)18(3)14-7-5-6-8-15(14)20-4/h5-9,19H,10H2,1-4H3. The molecule has 0 unspecified atom stereocenters. The fraction of sp³-hybridized carbons (Fsp3) is 0.312. The highest BCUT2D eigenvalue weighted by Gasteiger charge is 2.16. The van der Waals surface area contributed by atoms with Crippen LogP contribution < -0.4 is 9.64 Å². The van der Waals surface area contributed by atoms with Gasteiger partial charge in [0.1, 0.15) is 11.6 Å². The van der Waals surface area contributed by atoms with Crippen LogP contribution in [0.1, 0.15) is 16.8 Å². The molecule has 0 aliphatic heterocycles. The van der Waals surface area contributed by atoms with Gasteiger partial charge in [0.15, 0.2) is 0 Å². The van der Waals surface area contributed by atoms with Crippen LogP contribution in [0, 0.1) is 13.8 Å². The maximum absolute atomic E-state index is 9.61. The molecule has 4 heteroatoms. The van der Waals surface area contributed by atoms with Crippen molar-refractivity contribution < 1.29 is 9.84 Å². The van der Waals surface area contributed by atoms with Crippen LogP contribution in [-0.2, 0) is 6.61 Å². The molecule has 2 aromatic rings. The van der Waals surface area contributed by atoms with Crippen molar-refractivity contribution >= 4 is 11.5 Å². The van der Waals surface area contributed by atoms with Crippen LogP contribution in [-0.4, -0.2) is 24.2 Å². The summed E-state index contributed by atoms with van der Waals surface area (Å²) in [5, 5.41) is 9.61. The Morgan fingerprint density at radius 1 is 1.25 bits per heavy atom. The highest BCUT2D eigenvalue weighted by atomic mass is 16.5. The summed E-state index contributed by atoms with van der Waals surface area (Å²) in [5.41, 5.74) is 3.72. The van der Waals surface area contributed by atoms with Gasteiger partial charge in [0.2, 0.25) is 0 Å². The summed E-state index contributed by atoms with van der Waals surface area (Å²) in [6.45, 7) is 3.90. The van der Waals surface area contributed by atoms with Crippen LogP contribution in [0.4, 0.5) is 11.5 Å². The lowest BCUT2D eigenvalue weighted by molar-refractivity contribution is 0.281. The summed E-state index contributed by atoms with van der Waals surface area (Å²) in [6, 6.07) is 9.74. The van der Waals surface area contributed by atoms with E-state index in [1.807, 2.05) is 56.1 Å². The fourth-order valence-corrected chi connectivity index (χ4v) is 2.34. The van der Waals surface area contributed by atoms with Crippen molar-refractivity contribution in [2.24, 2.45) is 0 Å². The van der Waals surface area contributed by atoms with Gasteiger partial charge in [-0.3, -0.25) is 0 Å². The topological polar surface area (TPSA) is 45.6 Å². The number of benzene rings is 1. The molecule has 0 aliphatic rings. The van der Waals surface area contributed by atoms with Gasteiger partial charge in [0.05, 0.1) is 19.4 Å². The maximum Gasteiger partial charge on any atom is 0.142 e.